The van der Waals surface area contributed by atoms with Gasteiger partial charge in [-0.05, 0) is 66.9 Å². The zero-order chi connectivity index (χ0) is 30.2. The van der Waals surface area contributed by atoms with E-state index in [-0.39, 0.29) is 30.1 Å². The van der Waals surface area contributed by atoms with Crippen molar-refractivity contribution in [1.82, 2.24) is 5.32 Å². The zero-order valence-corrected chi connectivity index (χ0v) is 25.5. The van der Waals surface area contributed by atoms with Crippen LogP contribution in [0.5, 0.6) is 5.75 Å². The van der Waals surface area contributed by atoms with Crippen molar-refractivity contribution < 1.29 is 33.5 Å². The standard InChI is InChI=1S/C28H44N2O5Si.CO2/c1-9-20(2)17-21(3)18-22-12-13-24(35-36(7,8)28(4,5)6)23(19-22)30-26(32)11-10-16-29-25(31)14-15-27(33)34;2-1-3/h12-13,19-21H,9-11,16-18H2,1-8H3,(H,29,31)(H,30,32)(H,33,34);/t20?,21-;/m1./s1. The van der Waals surface area contributed by atoms with E-state index in [2.05, 4.69) is 71.3 Å². The Morgan fingerprint density at radius 3 is 2.23 bits per heavy atom. The van der Waals surface area contributed by atoms with Crippen molar-refractivity contribution in [3.8, 4) is 17.6 Å². The van der Waals surface area contributed by atoms with E-state index >= 15 is 0 Å². The van der Waals surface area contributed by atoms with Crippen molar-refractivity contribution in [2.45, 2.75) is 91.8 Å². The van der Waals surface area contributed by atoms with Gasteiger partial charge in [0.2, 0.25) is 5.91 Å². The van der Waals surface area contributed by atoms with Gasteiger partial charge >= 0.3 is 12.1 Å². The Hall–Kier alpha value is -3.41. The molecular formula is C29H44N2O7Si. The molecule has 39 heavy (non-hydrogen) atoms. The third kappa shape index (κ3) is 14.9. The van der Waals surface area contributed by atoms with Crippen LogP contribution in [0.15, 0.2) is 18.2 Å². The number of nitrogens with one attached hydrogen (secondary N) is 2. The Morgan fingerprint density at radius 1 is 1.08 bits per heavy atom. The Labute approximate surface area is 233 Å². The van der Waals surface area contributed by atoms with Crippen molar-refractivity contribution in [2.24, 2.45) is 11.8 Å². The molecule has 1 unspecified atom stereocenters. The van der Waals surface area contributed by atoms with E-state index in [0.717, 1.165) is 24.8 Å². The van der Waals surface area contributed by atoms with Crippen molar-refractivity contribution in [2.75, 3.05) is 11.9 Å². The first-order chi connectivity index (χ1) is 18.1. The molecule has 216 valence electrons. The summed E-state index contributed by atoms with van der Waals surface area (Å²) in [6.45, 7) is 17.9. The summed E-state index contributed by atoms with van der Waals surface area (Å²) in [5.74, 6) is 3.41. The van der Waals surface area contributed by atoms with Crippen LogP contribution in [-0.4, -0.2) is 43.9 Å². The molecule has 0 aliphatic heterocycles. The molecule has 1 aromatic rings. The van der Waals surface area contributed by atoms with Crippen LogP contribution < -0.4 is 15.1 Å². The highest BCUT2D eigenvalue weighted by molar-refractivity contribution is 6.74. The first-order valence-electron chi connectivity index (χ1n) is 13.2. The number of rotatable bonds is 12. The number of carboxylic acids is 1. The number of carboxylic acid groups (broad SMARTS) is 1. The average molecular weight is 561 g/mol. The quantitative estimate of drug-likeness (QED) is 0.185. The summed E-state index contributed by atoms with van der Waals surface area (Å²) in [6, 6.07) is 6.10. The summed E-state index contributed by atoms with van der Waals surface area (Å²) in [6.07, 6.45) is 4.09. The van der Waals surface area contributed by atoms with Gasteiger partial charge in [0.05, 0.1) is 5.69 Å². The molecule has 0 aromatic heterocycles. The fraction of sp³-hybridized carbons (Fsp3) is 0.586. The lowest BCUT2D eigenvalue weighted by Gasteiger charge is -2.37. The van der Waals surface area contributed by atoms with E-state index in [1.165, 1.54) is 0 Å². The van der Waals surface area contributed by atoms with Gasteiger partial charge in [-0.3, -0.25) is 9.59 Å². The molecule has 0 aliphatic carbocycles. The molecule has 0 bridgehead atoms. The second-order valence-corrected chi connectivity index (χ2v) is 16.0. The van der Waals surface area contributed by atoms with Gasteiger partial charge in [0, 0.05) is 24.8 Å². The summed E-state index contributed by atoms with van der Waals surface area (Å²) in [7, 11) is -2.12. The highest BCUT2D eigenvalue weighted by atomic mass is 28.4. The summed E-state index contributed by atoms with van der Waals surface area (Å²) in [4.78, 5) is 50.9. The zero-order valence-electron chi connectivity index (χ0n) is 24.5. The highest BCUT2D eigenvalue weighted by Gasteiger charge is 2.39. The second kappa shape index (κ2) is 17.2. The average Bonchev–Trinajstić information content (AvgIpc) is 2.81. The minimum absolute atomic E-state index is 0.0134. The lowest BCUT2D eigenvalue weighted by atomic mass is 9.90. The number of aliphatic carboxylic acids is 1. The van der Waals surface area contributed by atoms with Gasteiger partial charge in [-0.25, -0.2) is 4.79 Å². The Balaban J connectivity index is 0.00000458. The second-order valence-electron chi connectivity index (χ2n) is 11.3. The molecule has 0 fully saturated rings. The summed E-state index contributed by atoms with van der Waals surface area (Å²) in [5.41, 5.74) is 1.84. The van der Waals surface area contributed by atoms with Crippen LogP contribution in [-0.2, 0) is 30.4 Å². The molecule has 0 heterocycles. The topological polar surface area (TPSA) is 139 Å². The number of carbonyl (C=O) groups is 3. The Morgan fingerprint density at radius 2 is 1.69 bits per heavy atom. The number of hydrogen-bond donors (Lipinski definition) is 3. The molecule has 0 saturated carbocycles. The molecule has 10 heteroatoms. The van der Waals surface area contributed by atoms with Crippen LogP contribution >= 0.6 is 0 Å². The van der Waals surface area contributed by atoms with E-state index in [1.807, 2.05) is 18.1 Å². The number of benzene rings is 1. The third-order valence-electron chi connectivity index (χ3n) is 6.72. The van der Waals surface area contributed by atoms with Gasteiger partial charge in [-0.15, -0.1) is 0 Å². The van der Waals surface area contributed by atoms with Crippen molar-refractivity contribution >= 4 is 37.9 Å². The Bertz CT molecular complexity index is 1060. The fourth-order valence-corrected chi connectivity index (χ4v) is 4.51. The summed E-state index contributed by atoms with van der Waals surface area (Å²) >= 11 is 0. The molecule has 3 N–H and O–H groups in total. The van der Waals surface area contributed by atoms with E-state index in [4.69, 9.17) is 19.1 Å². The molecule has 0 aliphatic rings. The first-order valence-corrected chi connectivity index (χ1v) is 16.1. The van der Waals surface area contributed by atoms with Crippen LogP contribution in [0.3, 0.4) is 0 Å². The first kappa shape index (κ1) is 35.6. The van der Waals surface area contributed by atoms with Gasteiger partial charge in [0.25, 0.3) is 14.2 Å². The van der Waals surface area contributed by atoms with Gasteiger partial charge in [0.1, 0.15) is 5.75 Å². The van der Waals surface area contributed by atoms with E-state index < -0.39 is 20.2 Å². The normalized spacial score (nSPS) is 12.3. The number of hydrogen-bond acceptors (Lipinski definition) is 6. The maximum absolute atomic E-state index is 12.7. The Kier molecular flexibility index (Phi) is 15.7. The maximum atomic E-state index is 12.7. The molecule has 2 atom stereocenters. The molecule has 1 aromatic carbocycles. The highest BCUT2D eigenvalue weighted by Crippen LogP contribution is 2.40. The predicted octanol–water partition coefficient (Wildman–Crippen LogP) is 5.02. The van der Waals surface area contributed by atoms with Gasteiger partial charge in [-0.2, -0.15) is 9.59 Å². The SMILES string of the molecule is CCC(C)C[C@@H](C)Cc1ccc(O[Si](C)(C)C(C)(C)C)c(NC(=O)CCCNC(=O)C#CC(=O)O)c1.O=C=O. The van der Waals surface area contributed by atoms with Crippen LogP contribution in [0.25, 0.3) is 0 Å². The van der Waals surface area contributed by atoms with Crippen molar-refractivity contribution in [3.05, 3.63) is 23.8 Å². The van der Waals surface area contributed by atoms with Gasteiger partial charge in [0.15, 0.2) is 0 Å². The number of amides is 2. The van der Waals surface area contributed by atoms with Crippen LogP contribution in [0, 0.1) is 23.7 Å². The van der Waals surface area contributed by atoms with Crippen molar-refractivity contribution in [3.63, 3.8) is 0 Å². The molecule has 9 nitrogen and oxygen atoms in total. The summed E-state index contributed by atoms with van der Waals surface area (Å²) < 4.78 is 6.55. The summed E-state index contributed by atoms with van der Waals surface area (Å²) in [5, 5.41) is 14.0. The number of anilines is 1. The molecule has 0 saturated heterocycles. The van der Waals surface area contributed by atoms with Crippen LogP contribution in [0.1, 0.15) is 72.8 Å². The maximum Gasteiger partial charge on any atom is 0.382 e. The van der Waals surface area contributed by atoms with Crippen LogP contribution in [0.2, 0.25) is 18.1 Å². The molecule has 2 amide bonds. The smallest absolute Gasteiger partial charge is 0.382 e. The van der Waals surface area contributed by atoms with Crippen molar-refractivity contribution in [1.29, 1.82) is 0 Å². The molecular weight excluding hydrogens is 516 g/mol. The molecule has 0 radical (unpaired) electrons. The largest absolute Gasteiger partial charge is 0.542 e. The predicted molar refractivity (Wildman–Crippen MR) is 152 cm³/mol. The monoisotopic (exact) mass is 560 g/mol. The number of carbonyl (C=O) groups excluding carboxylic acids is 4. The third-order valence-corrected chi connectivity index (χ3v) is 11.1. The fourth-order valence-electron chi connectivity index (χ4n) is 3.48. The molecule has 1 rings (SSSR count). The lowest BCUT2D eigenvalue weighted by Crippen LogP contribution is -2.44. The lowest BCUT2D eigenvalue weighted by molar-refractivity contribution is -0.191. The van der Waals surface area contributed by atoms with E-state index in [1.54, 1.807) is 5.92 Å². The van der Waals surface area contributed by atoms with Crippen LogP contribution in [0.4, 0.5) is 5.69 Å². The minimum Gasteiger partial charge on any atom is -0.542 e. The minimum atomic E-state index is -2.12. The van der Waals surface area contributed by atoms with Gasteiger partial charge < -0.3 is 20.2 Å². The van der Waals surface area contributed by atoms with E-state index in [0.29, 0.717) is 29.7 Å². The van der Waals surface area contributed by atoms with E-state index in [9.17, 15) is 14.4 Å². The molecule has 0 spiro atoms. The van der Waals surface area contributed by atoms with Gasteiger partial charge in [-0.1, -0.05) is 54.0 Å².